The number of hydrogen-bond donors (Lipinski definition) is 2. The van der Waals surface area contributed by atoms with Crippen molar-refractivity contribution in [2.75, 3.05) is 5.32 Å². The average Bonchev–Trinajstić information content (AvgIpc) is 3.06. The summed E-state index contributed by atoms with van der Waals surface area (Å²) in [7, 11) is 0. The number of hydrogen-bond acceptors (Lipinski definition) is 7. The van der Waals surface area contributed by atoms with Gasteiger partial charge in [0.1, 0.15) is 5.76 Å². The van der Waals surface area contributed by atoms with Crippen molar-refractivity contribution in [2.24, 2.45) is 0 Å². The van der Waals surface area contributed by atoms with E-state index < -0.39 is 0 Å². The zero-order valence-corrected chi connectivity index (χ0v) is 13.8. The van der Waals surface area contributed by atoms with Crippen molar-refractivity contribution in [1.82, 2.24) is 15.5 Å². The van der Waals surface area contributed by atoms with Crippen molar-refractivity contribution in [3.8, 4) is 0 Å². The molecular weight excluding hydrogens is 308 g/mol. The number of anilines is 1. The van der Waals surface area contributed by atoms with Crippen molar-refractivity contribution in [1.29, 1.82) is 0 Å². The molecule has 2 rings (SSSR count). The van der Waals surface area contributed by atoms with Crippen LogP contribution in [0.25, 0.3) is 0 Å². The van der Waals surface area contributed by atoms with Gasteiger partial charge in [-0.2, -0.15) is 0 Å². The molecule has 0 unspecified atom stereocenters. The minimum absolute atomic E-state index is 0.00953. The second-order valence-corrected chi connectivity index (χ2v) is 7.29. The van der Waals surface area contributed by atoms with Crippen molar-refractivity contribution in [3.05, 3.63) is 24.2 Å². The molecular formula is C13H18N4O2S2. The summed E-state index contributed by atoms with van der Waals surface area (Å²) in [5, 5.41) is 14.7. The predicted molar refractivity (Wildman–Crippen MR) is 84.5 cm³/mol. The highest BCUT2D eigenvalue weighted by Crippen LogP contribution is 2.29. The van der Waals surface area contributed by atoms with E-state index in [1.54, 1.807) is 6.26 Å². The van der Waals surface area contributed by atoms with Gasteiger partial charge < -0.3 is 15.1 Å². The van der Waals surface area contributed by atoms with Gasteiger partial charge in [-0.15, -0.1) is 10.2 Å². The van der Waals surface area contributed by atoms with E-state index in [2.05, 4.69) is 20.8 Å². The van der Waals surface area contributed by atoms with Crippen molar-refractivity contribution in [2.45, 2.75) is 42.9 Å². The molecule has 0 aliphatic heterocycles. The first-order valence-corrected chi connectivity index (χ1v) is 8.31. The molecule has 8 heteroatoms. The van der Waals surface area contributed by atoms with E-state index in [1.807, 2.05) is 32.9 Å². The van der Waals surface area contributed by atoms with E-state index >= 15 is 0 Å². The third-order valence-electron chi connectivity index (χ3n) is 2.48. The Kier molecular flexibility index (Phi) is 5.63. The third kappa shape index (κ3) is 5.05. The second kappa shape index (κ2) is 7.46. The van der Waals surface area contributed by atoms with E-state index in [0.717, 1.165) is 10.1 Å². The van der Waals surface area contributed by atoms with Crippen LogP contribution in [0.4, 0.5) is 5.13 Å². The monoisotopic (exact) mass is 326 g/mol. The zero-order chi connectivity index (χ0) is 15.2. The minimum Gasteiger partial charge on any atom is -0.467 e. The molecule has 1 amide bonds. The van der Waals surface area contributed by atoms with Gasteiger partial charge >= 0.3 is 0 Å². The van der Waals surface area contributed by atoms with Crippen LogP contribution in [0.5, 0.6) is 0 Å². The van der Waals surface area contributed by atoms with Crippen molar-refractivity contribution >= 4 is 34.1 Å². The summed E-state index contributed by atoms with van der Waals surface area (Å²) < 4.78 is 6.00. The van der Waals surface area contributed by atoms with Crippen LogP contribution in [0.3, 0.4) is 0 Å². The van der Waals surface area contributed by atoms with Gasteiger partial charge in [-0.1, -0.05) is 23.1 Å². The molecule has 0 saturated carbocycles. The summed E-state index contributed by atoms with van der Waals surface area (Å²) in [4.78, 5) is 11.8. The molecule has 2 heterocycles. The maximum atomic E-state index is 11.8. The highest BCUT2D eigenvalue weighted by Gasteiger charge is 2.17. The van der Waals surface area contributed by atoms with E-state index in [9.17, 15) is 4.79 Å². The van der Waals surface area contributed by atoms with Crippen LogP contribution in [-0.4, -0.2) is 27.4 Å². The Hall–Kier alpha value is -1.54. The molecule has 0 spiro atoms. The summed E-state index contributed by atoms with van der Waals surface area (Å²) in [6.45, 7) is 6.31. The summed E-state index contributed by atoms with van der Waals surface area (Å²) in [5.41, 5.74) is 0. The fourth-order valence-electron chi connectivity index (χ4n) is 1.51. The molecule has 2 aromatic rings. The van der Waals surface area contributed by atoms with Gasteiger partial charge in [-0.05, 0) is 32.9 Å². The number of furan rings is 1. The maximum absolute atomic E-state index is 11.8. The molecule has 0 bridgehead atoms. The minimum atomic E-state index is -0.196. The number of aromatic nitrogens is 2. The van der Waals surface area contributed by atoms with Crippen LogP contribution in [0, 0.1) is 0 Å². The van der Waals surface area contributed by atoms with E-state index in [-0.39, 0.29) is 17.2 Å². The van der Waals surface area contributed by atoms with E-state index in [4.69, 9.17) is 4.42 Å². The SMILES string of the molecule is CC(C)NC(=O)[C@H](C)Sc1nnc(NCc2ccco2)s1. The highest BCUT2D eigenvalue weighted by atomic mass is 32.2. The molecule has 0 aliphatic rings. The number of rotatable bonds is 7. The molecule has 1 atom stereocenters. The summed E-state index contributed by atoms with van der Waals surface area (Å²) in [6.07, 6.45) is 1.63. The molecule has 6 nitrogen and oxygen atoms in total. The molecule has 0 fully saturated rings. The van der Waals surface area contributed by atoms with Gasteiger partial charge in [0, 0.05) is 6.04 Å². The quantitative estimate of drug-likeness (QED) is 0.762. The lowest BCUT2D eigenvalue weighted by Gasteiger charge is -2.12. The molecule has 0 aromatic carbocycles. The van der Waals surface area contributed by atoms with Gasteiger partial charge in [0.05, 0.1) is 18.1 Å². The molecule has 0 saturated heterocycles. The van der Waals surface area contributed by atoms with Gasteiger partial charge in [-0.3, -0.25) is 4.79 Å². The first kappa shape index (κ1) is 15.8. The normalized spacial score (nSPS) is 12.4. The standard InChI is InChI=1S/C13H18N4O2S2/c1-8(2)15-11(18)9(3)20-13-17-16-12(21-13)14-7-10-5-4-6-19-10/h4-6,8-9H,7H2,1-3H3,(H,14,16)(H,15,18)/t9-/m0/s1. The lowest BCUT2D eigenvalue weighted by atomic mass is 10.3. The van der Waals surface area contributed by atoms with E-state index in [0.29, 0.717) is 11.7 Å². The number of amides is 1. The van der Waals surface area contributed by atoms with Crippen LogP contribution in [0.15, 0.2) is 27.2 Å². The highest BCUT2D eigenvalue weighted by molar-refractivity contribution is 8.02. The number of carbonyl (C=O) groups is 1. The molecule has 2 aromatic heterocycles. The summed E-state index contributed by atoms with van der Waals surface area (Å²) in [6, 6.07) is 3.87. The first-order chi connectivity index (χ1) is 10.0. The van der Waals surface area contributed by atoms with Gasteiger partial charge in [-0.25, -0.2) is 0 Å². The topological polar surface area (TPSA) is 80.0 Å². The number of thioether (sulfide) groups is 1. The Labute approximate surface area is 131 Å². The Morgan fingerprint density at radius 1 is 1.43 bits per heavy atom. The lowest BCUT2D eigenvalue weighted by molar-refractivity contribution is -0.120. The summed E-state index contributed by atoms with van der Waals surface area (Å²) >= 11 is 2.83. The molecule has 2 N–H and O–H groups in total. The fraction of sp³-hybridized carbons (Fsp3) is 0.462. The second-order valence-electron chi connectivity index (χ2n) is 4.73. The number of carbonyl (C=O) groups excluding carboxylic acids is 1. The first-order valence-electron chi connectivity index (χ1n) is 6.61. The van der Waals surface area contributed by atoms with Crippen LogP contribution in [-0.2, 0) is 11.3 Å². The van der Waals surface area contributed by atoms with Gasteiger partial charge in [0.15, 0.2) is 4.34 Å². The molecule has 114 valence electrons. The number of nitrogens with zero attached hydrogens (tertiary/aromatic N) is 2. The lowest BCUT2D eigenvalue weighted by Crippen LogP contribution is -2.35. The van der Waals surface area contributed by atoms with Crippen LogP contribution in [0.2, 0.25) is 0 Å². The van der Waals surface area contributed by atoms with Crippen LogP contribution >= 0.6 is 23.1 Å². The van der Waals surface area contributed by atoms with Gasteiger partial charge in [0.2, 0.25) is 11.0 Å². The maximum Gasteiger partial charge on any atom is 0.233 e. The molecule has 0 radical (unpaired) electrons. The summed E-state index contributed by atoms with van der Waals surface area (Å²) in [5.74, 6) is 0.847. The zero-order valence-electron chi connectivity index (χ0n) is 12.1. The Morgan fingerprint density at radius 2 is 2.24 bits per heavy atom. The average molecular weight is 326 g/mol. The Bertz CT molecular complexity index is 568. The predicted octanol–water partition coefficient (Wildman–Crippen LogP) is 2.75. The molecule has 21 heavy (non-hydrogen) atoms. The van der Waals surface area contributed by atoms with E-state index in [1.165, 1.54) is 23.1 Å². The van der Waals surface area contributed by atoms with Crippen molar-refractivity contribution in [3.63, 3.8) is 0 Å². The Balaban J connectivity index is 1.83. The Morgan fingerprint density at radius 3 is 2.90 bits per heavy atom. The van der Waals surface area contributed by atoms with Crippen molar-refractivity contribution < 1.29 is 9.21 Å². The largest absolute Gasteiger partial charge is 0.467 e. The van der Waals surface area contributed by atoms with Gasteiger partial charge in [0.25, 0.3) is 0 Å². The fourth-order valence-corrected chi connectivity index (χ4v) is 3.41. The number of nitrogens with one attached hydrogen (secondary N) is 2. The third-order valence-corrected chi connectivity index (χ3v) is 4.54. The smallest absolute Gasteiger partial charge is 0.233 e. The molecule has 0 aliphatic carbocycles. The van der Waals surface area contributed by atoms with Crippen LogP contribution in [0.1, 0.15) is 26.5 Å². The van der Waals surface area contributed by atoms with Crippen LogP contribution < -0.4 is 10.6 Å².